The molecule has 0 fully saturated rings. The first-order valence-electron chi connectivity index (χ1n) is 6.44. The Hall–Kier alpha value is -1.57. The Bertz CT molecular complexity index is 421. The monoisotopic (exact) mass is 262 g/mol. The molecule has 0 saturated carbocycles. The highest BCUT2D eigenvalue weighted by molar-refractivity contribution is 5.34. The van der Waals surface area contributed by atoms with Crippen molar-refractivity contribution in [3.05, 3.63) is 29.8 Å². The Morgan fingerprint density at radius 2 is 1.95 bits per heavy atom. The van der Waals surface area contributed by atoms with Crippen molar-refractivity contribution >= 4 is 0 Å². The molecule has 104 valence electrons. The number of ether oxygens (including phenoxy) is 1. The average Bonchev–Trinajstić information content (AvgIpc) is 2.43. The van der Waals surface area contributed by atoms with Crippen LogP contribution in [0.4, 0.5) is 0 Å². The lowest BCUT2D eigenvalue weighted by Crippen LogP contribution is -2.44. The molecule has 0 saturated heterocycles. The van der Waals surface area contributed by atoms with Gasteiger partial charge in [-0.15, -0.1) is 0 Å². The summed E-state index contributed by atoms with van der Waals surface area (Å²) >= 11 is 0. The lowest BCUT2D eigenvalue weighted by Gasteiger charge is -2.33. The molecule has 0 bridgehead atoms. The van der Waals surface area contributed by atoms with E-state index in [1.165, 1.54) is 0 Å². The van der Waals surface area contributed by atoms with E-state index in [0.29, 0.717) is 12.2 Å². The third-order valence-electron chi connectivity index (χ3n) is 3.31. The van der Waals surface area contributed by atoms with Gasteiger partial charge in [0.2, 0.25) is 0 Å². The maximum Gasteiger partial charge on any atom is 0.119 e. The number of likely N-dealkylation sites (N-methyl/N-ethyl adjacent to an activating group) is 1. The lowest BCUT2D eigenvalue weighted by atomic mass is 10.1. The molecule has 19 heavy (non-hydrogen) atoms. The summed E-state index contributed by atoms with van der Waals surface area (Å²) < 4.78 is 5.60. The van der Waals surface area contributed by atoms with Crippen LogP contribution in [-0.2, 0) is 0 Å². The first-order chi connectivity index (χ1) is 8.99. The second-order valence-electron chi connectivity index (χ2n) is 5.23. The van der Waals surface area contributed by atoms with Gasteiger partial charge in [0.1, 0.15) is 5.75 Å². The van der Waals surface area contributed by atoms with Crippen LogP contribution >= 0.6 is 0 Å². The highest BCUT2D eigenvalue weighted by atomic mass is 16.5. The summed E-state index contributed by atoms with van der Waals surface area (Å²) in [6.45, 7) is 5.64. The number of aliphatic hydroxyl groups excluding tert-OH is 1. The molecule has 0 amide bonds. The molecule has 0 unspecified atom stereocenters. The van der Waals surface area contributed by atoms with E-state index in [2.05, 4.69) is 11.0 Å². The molecule has 0 aromatic heterocycles. The third kappa shape index (κ3) is 4.90. The summed E-state index contributed by atoms with van der Waals surface area (Å²) in [4.78, 5) is 2.12. The second-order valence-corrected chi connectivity index (χ2v) is 5.23. The first kappa shape index (κ1) is 15.5. The Balaban J connectivity index is 2.29. The van der Waals surface area contributed by atoms with Crippen molar-refractivity contribution in [1.82, 2.24) is 4.90 Å². The van der Waals surface area contributed by atoms with E-state index < -0.39 is 0 Å². The number of benzene rings is 1. The zero-order chi connectivity index (χ0) is 14.3. The van der Waals surface area contributed by atoms with Gasteiger partial charge >= 0.3 is 0 Å². The zero-order valence-electron chi connectivity index (χ0n) is 11.9. The van der Waals surface area contributed by atoms with Gasteiger partial charge < -0.3 is 9.84 Å². The number of hydrogen-bond acceptors (Lipinski definition) is 4. The summed E-state index contributed by atoms with van der Waals surface area (Å²) in [6.07, 6.45) is 0.889. The Morgan fingerprint density at radius 1 is 1.32 bits per heavy atom. The van der Waals surface area contributed by atoms with Crippen LogP contribution in [-0.4, -0.2) is 42.4 Å². The minimum absolute atomic E-state index is 0.139. The van der Waals surface area contributed by atoms with Crippen LogP contribution < -0.4 is 4.74 Å². The zero-order valence-corrected chi connectivity index (χ0v) is 11.9. The minimum atomic E-state index is -0.200. The lowest BCUT2D eigenvalue weighted by molar-refractivity contribution is 0.0747. The highest BCUT2D eigenvalue weighted by Crippen LogP contribution is 2.13. The second kappa shape index (κ2) is 7.13. The number of nitrogens with zero attached hydrogens (tertiary/aromatic N) is 2. The fourth-order valence-corrected chi connectivity index (χ4v) is 1.54. The van der Waals surface area contributed by atoms with Crippen LogP contribution in [0.25, 0.3) is 0 Å². The summed E-state index contributed by atoms with van der Waals surface area (Å²) in [5.41, 5.74) is 0.436. The molecular weight excluding hydrogens is 240 g/mol. The molecular formula is C15H22N2O2. The van der Waals surface area contributed by atoms with E-state index in [4.69, 9.17) is 10.00 Å². The van der Waals surface area contributed by atoms with Crippen molar-refractivity contribution in [2.75, 3.05) is 26.8 Å². The minimum Gasteiger partial charge on any atom is -0.494 e. The van der Waals surface area contributed by atoms with Gasteiger partial charge in [-0.2, -0.15) is 5.26 Å². The predicted octanol–water partition coefficient (Wildman–Crippen LogP) is 2.03. The molecule has 4 nitrogen and oxygen atoms in total. The van der Waals surface area contributed by atoms with Gasteiger partial charge in [0, 0.05) is 12.1 Å². The van der Waals surface area contributed by atoms with Crippen molar-refractivity contribution in [3.8, 4) is 11.8 Å². The molecule has 0 radical (unpaired) electrons. The molecule has 1 rings (SSSR count). The van der Waals surface area contributed by atoms with E-state index in [1.54, 1.807) is 24.3 Å². The van der Waals surface area contributed by atoms with Crippen LogP contribution in [0.5, 0.6) is 5.75 Å². The average molecular weight is 262 g/mol. The topological polar surface area (TPSA) is 56.5 Å². The van der Waals surface area contributed by atoms with Crippen LogP contribution in [0, 0.1) is 11.3 Å². The third-order valence-corrected chi connectivity index (χ3v) is 3.31. The van der Waals surface area contributed by atoms with Gasteiger partial charge in [-0.05, 0) is 51.6 Å². The highest BCUT2D eigenvalue weighted by Gasteiger charge is 2.21. The standard InChI is InChI=1S/C15H22N2O2/c1-15(2,12-18)17(3)9-4-10-19-14-7-5-13(11-16)6-8-14/h5-8,18H,4,9-10,12H2,1-3H3. The summed E-state index contributed by atoms with van der Waals surface area (Å²) in [6, 6.07) is 9.18. The van der Waals surface area contributed by atoms with Crippen molar-refractivity contribution < 1.29 is 9.84 Å². The number of rotatable bonds is 7. The Kier molecular flexibility index (Phi) is 5.81. The van der Waals surface area contributed by atoms with Gasteiger partial charge in [0.05, 0.1) is 24.8 Å². The fraction of sp³-hybridized carbons (Fsp3) is 0.533. The molecule has 1 aromatic carbocycles. The van der Waals surface area contributed by atoms with E-state index in [1.807, 2.05) is 20.9 Å². The molecule has 0 spiro atoms. The SMILES string of the molecule is CN(CCCOc1ccc(C#N)cc1)C(C)(C)CO. The predicted molar refractivity (Wildman–Crippen MR) is 75.1 cm³/mol. The van der Waals surface area contributed by atoms with Crippen molar-refractivity contribution in [3.63, 3.8) is 0 Å². The Morgan fingerprint density at radius 3 is 2.47 bits per heavy atom. The van der Waals surface area contributed by atoms with E-state index >= 15 is 0 Å². The number of hydrogen-bond donors (Lipinski definition) is 1. The molecule has 0 aliphatic rings. The molecule has 1 aromatic rings. The fourth-order valence-electron chi connectivity index (χ4n) is 1.54. The van der Waals surface area contributed by atoms with Crippen molar-refractivity contribution in [1.29, 1.82) is 5.26 Å². The van der Waals surface area contributed by atoms with Crippen LogP contribution in [0.3, 0.4) is 0 Å². The van der Waals surface area contributed by atoms with E-state index in [0.717, 1.165) is 18.7 Å². The van der Waals surface area contributed by atoms with Gasteiger partial charge in [-0.1, -0.05) is 0 Å². The molecule has 0 aliphatic carbocycles. The summed E-state index contributed by atoms with van der Waals surface area (Å²) in [5.74, 6) is 0.781. The molecule has 4 heteroatoms. The van der Waals surface area contributed by atoms with E-state index in [9.17, 15) is 5.11 Å². The number of aliphatic hydroxyl groups is 1. The largest absolute Gasteiger partial charge is 0.494 e. The Labute approximate surface area is 115 Å². The van der Waals surface area contributed by atoms with Gasteiger partial charge in [0.15, 0.2) is 0 Å². The summed E-state index contributed by atoms with van der Waals surface area (Å²) in [7, 11) is 2.00. The first-order valence-corrected chi connectivity index (χ1v) is 6.44. The quantitative estimate of drug-likeness (QED) is 0.764. The van der Waals surface area contributed by atoms with Gasteiger partial charge in [-0.3, -0.25) is 4.90 Å². The maximum atomic E-state index is 9.25. The number of nitriles is 1. The van der Waals surface area contributed by atoms with Crippen molar-refractivity contribution in [2.24, 2.45) is 0 Å². The van der Waals surface area contributed by atoms with Gasteiger partial charge in [-0.25, -0.2) is 0 Å². The van der Waals surface area contributed by atoms with Crippen LogP contribution in [0.1, 0.15) is 25.8 Å². The van der Waals surface area contributed by atoms with Crippen LogP contribution in [0.15, 0.2) is 24.3 Å². The summed E-state index contributed by atoms with van der Waals surface area (Å²) in [5, 5.41) is 17.9. The normalized spacial score (nSPS) is 11.4. The van der Waals surface area contributed by atoms with Crippen LogP contribution in [0.2, 0.25) is 0 Å². The van der Waals surface area contributed by atoms with E-state index in [-0.39, 0.29) is 12.1 Å². The van der Waals surface area contributed by atoms with Crippen molar-refractivity contribution in [2.45, 2.75) is 25.8 Å². The molecule has 0 atom stereocenters. The maximum absolute atomic E-state index is 9.25. The smallest absolute Gasteiger partial charge is 0.119 e. The molecule has 1 N–H and O–H groups in total. The van der Waals surface area contributed by atoms with Gasteiger partial charge in [0.25, 0.3) is 0 Å². The molecule has 0 aliphatic heterocycles. The molecule has 0 heterocycles.